The highest BCUT2D eigenvalue weighted by molar-refractivity contribution is 7.91. The molecular weight excluding hydrogens is 548 g/mol. The molecular formula is C29H28N4O7S. The molecule has 1 fully saturated rings. The number of aromatic carboxylic acids is 1. The van der Waals surface area contributed by atoms with Crippen molar-refractivity contribution in [2.24, 2.45) is 0 Å². The van der Waals surface area contributed by atoms with Crippen molar-refractivity contribution in [1.82, 2.24) is 10.4 Å². The van der Waals surface area contributed by atoms with E-state index in [2.05, 4.69) is 16.1 Å². The second kappa shape index (κ2) is 11.9. The third-order valence-corrected chi connectivity index (χ3v) is 8.46. The molecule has 3 aromatic rings. The summed E-state index contributed by atoms with van der Waals surface area (Å²) in [5, 5.41) is 15.4. The number of carbonyl (C=O) groups excluding carboxylic acids is 2. The average Bonchev–Trinajstić information content (AvgIpc) is 3.30. The minimum absolute atomic E-state index is 0.0688. The van der Waals surface area contributed by atoms with E-state index in [-0.39, 0.29) is 29.6 Å². The zero-order valence-electron chi connectivity index (χ0n) is 21.9. The number of carboxylic acids is 1. The van der Waals surface area contributed by atoms with E-state index in [1.54, 1.807) is 30.3 Å². The lowest BCUT2D eigenvalue weighted by molar-refractivity contribution is -0.110. The third-order valence-electron chi connectivity index (χ3n) is 6.85. The normalized spacial score (nSPS) is 17.3. The number of hydrogen-bond donors (Lipinski definition) is 4. The van der Waals surface area contributed by atoms with Gasteiger partial charge in [0.2, 0.25) is 0 Å². The number of fused-ring (bicyclic) bond motifs is 1. The highest BCUT2D eigenvalue weighted by Gasteiger charge is 2.29. The summed E-state index contributed by atoms with van der Waals surface area (Å²) in [5.41, 5.74) is 6.08. The van der Waals surface area contributed by atoms with Gasteiger partial charge in [0.05, 0.1) is 40.6 Å². The summed E-state index contributed by atoms with van der Waals surface area (Å²) in [6.07, 6.45) is 0. The molecule has 12 heteroatoms. The number of rotatable bonds is 9. The molecule has 3 aromatic carbocycles. The Balaban J connectivity index is 1.28. The van der Waals surface area contributed by atoms with Crippen molar-refractivity contribution >= 4 is 50.3 Å². The van der Waals surface area contributed by atoms with Crippen molar-refractivity contribution in [1.29, 1.82) is 0 Å². The van der Waals surface area contributed by atoms with Gasteiger partial charge in [-0.15, -0.1) is 0 Å². The number of hydrogen-bond acceptors (Lipinski definition) is 8. The second-order valence-electron chi connectivity index (χ2n) is 9.61. The second-order valence-corrected chi connectivity index (χ2v) is 11.9. The van der Waals surface area contributed by atoms with Gasteiger partial charge < -0.3 is 15.7 Å². The molecule has 0 aromatic heterocycles. The molecule has 4 N–H and O–H groups in total. The van der Waals surface area contributed by atoms with Crippen LogP contribution in [0.4, 0.5) is 11.4 Å². The summed E-state index contributed by atoms with van der Waals surface area (Å²) < 4.78 is 23.1. The molecule has 0 atom stereocenters. The van der Waals surface area contributed by atoms with Crippen LogP contribution in [0, 0.1) is 0 Å². The SMILES string of the molecule is O=C1Nc2cc(C(=O)O)ccc2/C1=C(/Nc1ccc(C(=O)NOCCN2CCS(=O)(=O)CC2)cc1)c1ccccc1. The molecule has 0 saturated carbocycles. The molecule has 0 unspecified atom stereocenters. The molecule has 41 heavy (non-hydrogen) atoms. The number of anilines is 2. The van der Waals surface area contributed by atoms with Crippen molar-refractivity contribution in [2.75, 3.05) is 48.4 Å². The van der Waals surface area contributed by atoms with Gasteiger partial charge in [-0.2, -0.15) is 0 Å². The van der Waals surface area contributed by atoms with E-state index in [4.69, 9.17) is 4.84 Å². The van der Waals surface area contributed by atoms with Gasteiger partial charge in [0.1, 0.15) is 0 Å². The molecule has 2 aliphatic rings. The number of carbonyl (C=O) groups is 3. The maximum atomic E-state index is 13.1. The van der Waals surface area contributed by atoms with Crippen LogP contribution < -0.4 is 16.1 Å². The predicted molar refractivity (Wildman–Crippen MR) is 154 cm³/mol. The third kappa shape index (κ3) is 6.62. The highest BCUT2D eigenvalue weighted by atomic mass is 32.2. The van der Waals surface area contributed by atoms with Gasteiger partial charge in [0.25, 0.3) is 11.8 Å². The van der Waals surface area contributed by atoms with Crippen molar-refractivity contribution in [3.8, 4) is 0 Å². The average molecular weight is 577 g/mol. The van der Waals surface area contributed by atoms with Gasteiger partial charge in [-0.1, -0.05) is 36.4 Å². The van der Waals surface area contributed by atoms with E-state index in [1.807, 2.05) is 35.2 Å². The van der Waals surface area contributed by atoms with Crippen molar-refractivity contribution in [3.05, 3.63) is 95.1 Å². The number of amides is 2. The standard InChI is InChI=1S/C29H28N4O7S/c34-27(32-40-15-12-33-13-16-41(38,39)17-14-33)20-6-9-22(10-7-20)30-26(19-4-2-1-3-5-19)25-23-11-8-21(29(36)37)18-24(23)31-28(25)35/h1-11,18,30H,12-17H2,(H,31,35)(H,32,34)(H,36,37)/b26-25-. The Labute approximate surface area is 236 Å². The van der Waals surface area contributed by atoms with Crippen LogP contribution in [0.15, 0.2) is 72.8 Å². The number of benzene rings is 3. The summed E-state index contributed by atoms with van der Waals surface area (Å²) >= 11 is 0. The maximum Gasteiger partial charge on any atom is 0.335 e. The van der Waals surface area contributed by atoms with Gasteiger partial charge in [-0.25, -0.2) is 18.7 Å². The lowest BCUT2D eigenvalue weighted by Gasteiger charge is -2.26. The van der Waals surface area contributed by atoms with Gasteiger partial charge >= 0.3 is 5.97 Å². The first-order valence-electron chi connectivity index (χ1n) is 12.9. The van der Waals surface area contributed by atoms with E-state index >= 15 is 0 Å². The molecule has 0 bridgehead atoms. The first kappa shape index (κ1) is 28.0. The molecule has 1 saturated heterocycles. The molecule has 0 spiro atoms. The van der Waals surface area contributed by atoms with Gasteiger partial charge in [-0.05, 0) is 42.0 Å². The molecule has 2 amide bonds. The molecule has 2 heterocycles. The predicted octanol–water partition coefficient (Wildman–Crippen LogP) is 2.71. The Morgan fingerprint density at radius 1 is 0.927 bits per heavy atom. The minimum Gasteiger partial charge on any atom is -0.478 e. The number of hydroxylamine groups is 1. The van der Waals surface area contributed by atoms with Gasteiger partial charge in [-0.3, -0.25) is 19.3 Å². The topological polar surface area (TPSA) is 154 Å². The molecule has 2 aliphatic heterocycles. The van der Waals surface area contributed by atoms with Gasteiger partial charge in [0, 0.05) is 36.4 Å². The molecule has 0 aliphatic carbocycles. The fourth-order valence-corrected chi connectivity index (χ4v) is 5.89. The quantitative estimate of drug-likeness (QED) is 0.171. The Morgan fingerprint density at radius 3 is 2.29 bits per heavy atom. The van der Waals surface area contributed by atoms with E-state index in [0.717, 1.165) is 5.56 Å². The molecule has 0 radical (unpaired) electrons. The van der Waals surface area contributed by atoms with E-state index in [9.17, 15) is 27.9 Å². The van der Waals surface area contributed by atoms with E-state index in [1.165, 1.54) is 12.1 Å². The minimum atomic E-state index is -2.95. The Kier molecular flexibility index (Phi) is 8.15. The van der Waals surface area contributed by atoms with Crippen LogP contribution in [0.3, 0.4) is 0 Å². The monoisotopic (exact) mass is 576 g/mol. The van der Waals surface area contributed by atoms with Crippen molar-refractivity contribution in [2.45, 2.75) is 0 Å². The van der Waals surface area contributed by atoms with Crippen molar-refractivity contribution in [3.63, 3.8) is 0 Å². The zero-order valence-corrected chi connectivity index (χ0v) is 22.7. The van der Waals surface area contributed by atoms with Crippen LogP contribution >= 0.6 is 0 Å². The van der Waals surface area contributed by atoms with Crippen LogP contribution in [0.5, 0.6) is 0 Å². The fourth-order valence-electron chi connectivity index (χ4n) is 4.61. The fraction of sp³-hybridized carbons (Fsp3) is 0.207. The summed E-state index contributed by atoms with van der Waals surface area (Å²) in [7, 11) is -2.95. The summed E-state index contributed by atoms with van der Waals surface area (Å²) in [6, 6.07) is 20.4. The maximum absolute atomic E-state index is 13.1. The zero-order chi connectivity index (χ0) is 29.0. The molecule has 11 nitrogen and oxygen atoms in total. The Morgan fingerprint density at radius 2 is 1.61 bits per heavy atom. The molecule has 212 valence electrons. The first-order chi connectivity index (χ1) is 19.7. The molecule has 5 rings (SSSR count). The number of carboxylic acid groups (broad SMARTS) is 1. The van der Waals surface area contributed by atoms with Crippen molar-refractivity contribution < 1.29 is 32.7 Å². The summed E-state index contributed by atoms with van der Waals surface area (Å²) in [6.45, 7) is 1.62. The summed E-state index contributed by atoms with van der Waals surface area (Å²) in [4.78, 5) is 44.3. The number of sulfone groups is 1. The van der Waals surface area contributed by atoms with Crippen LogP contribution in [0.2, 0.25) is 0 Å². The number of nitrogens with zero attached hydrogens (tertiary/aromatic N) is 1. The lowest BCUT2D eigenvalue weighted by Crippen LogP contribution is -2.42. The first-order valence-corrected chi connectivity index (χ1v) is 14.7. The summed E-state index contributed by atoms with van der Waals surface area (Å²) in [5.74, 6) is -1.63. The van der Waals surface area contributed by atoms with E-state index < -0.39 is 21.7 Å². The van der Waals surface area contributed by atoms with Gasteiger partial charge in [0.15, 0.2) is 9.84 Å². The van der Waals surface area contributed by atoms with E-state index in [0.29, 0.717) is 53.4 Å². The Bertz CT molecular complexity index is 1610. The smallest absolute Gasteiger partial charge is 0.335 e. The Hall–Kier alpha value is -4.52. The number of nitrogens with one attached hydrogen (secondary N) is 3. The highest BCUT2D eigenvalue weighted by Crippen LogP contribution is 2.38. The lowest BCUT2D eigenvalue weighted by atomic mass is 9.99. The van der Waals surface area contributed by atoms with Crippen LogP contribution in [-0.2, 0) is 19.5 Å². The van der Waals surface area contributed by atoms with Crippen LogP contribution in [0.25, 0.3) is 11.3 Å². The van der Waals surface area contributed by atoms with Crippen LogP contribution in [-0.4, -0.2) is 74.0 Å². The largest absolute Gasteiger partial charge is 0.478 e. The van der Waals surface area contributed by atoms with Crippen LogP contribution in [0.1, 0.15) is 31.8 Å².